The molecule has 10 nitrogen and oxygen atoms in total. The molecule has 0 aromatic heterocycles. The van der Waals surface area contributed by atoms with Gasteiger partial charge in [-0.05, 0) is 75.3 Å². The van der Waals surface area contributed by atoms with E-state index in [-0.39, 0.29) is 22.1 Å². The Kier molecular flexibility index (Phi) is 7.69. The minimum Gasteiger partial charge on any atom is -0.493 e. The highest BCUT2D eigenvalue weighted by molar-refractivity contribution is 14.1. The molecular formula is C25H18IN3O7S. The lowest BCUT2D eigenvalue weighted by atomic mass is 10.1. The number of non-ortho nitro benzene ring substituents is 1. The molecule has 0 radical (unpaired) electrons. The van der Waals surface area contributed by atoms with Crippen LogP contribution in [0.15, 0.2) is 88.9 Å². The molecule has 4 aromatic carbocycles. The molecule has 0 heterocycles. The highest BCUT2D eigenvalue weighted by Gasteiger charge is 2.23. The third-order valence-corrected chi connectivity index (χ3v) is 7.21. The van der Waals surface area contributed by atoms with E-state index >= 15 is 0 Å². The fraction of sp³-hybridized carbons (Fsp3) is 0.0400. The van der Waals surface area contributed by atoms with Gasteiger partial charge in [0.1, 0.15) is 4.90 Å². The molecule has 37 heavy (non-hydrogen) atoms. The SMILES string of the molecule is COc1cc(/C=N\NC(=O)c2ccc3ccccc3c2)cc(I)c1OS(=O)(=O)c1ccc([N+](=O)[O-])cc1. The summed E-state index contributed by atoms with van der Waals surface area (Å²) < 4.78 is 36.4. The van der Waals surface area contributed by atoms with Gasteiger partial charge < -0.3 is 8.92 Å². The molecule has 0 saturated carbocycles. The van der Waals surface area contributed by atoms with Gasteiger partial charge in [-0.3, -0.25) is 14.9 Å². The molecule has 0 aliphatic rings. The van der Waals surface area contributed by atoms with Crippen LogP contribution in [0.4, 0.5) is 5.69 Å². The van der Waals surface area contributed by atoms with Crippen LogP contribution in [0, 0.1) is 13.7 Å². The van der Waals surface area contributed by atoms with Crippen LogP contribution in [-0.4, -0.2) is 32.6 Å². The second-order valence-electron chi connectivity index (χ2n) is 7.58. The number of hydrogen-bond donors (Lipinski definition) is 1. The van der Waals surface area contributed by atoms with E-state index < -0.39 is 20.9 Å². The van der Waals surface area contributed by atoms with Crippen molar-refractivity contribution in [2.45, 2.75) is 4.90 Å². The van der Waals surface area contributed by atoms with E-state index in [9.17, 15) is 23.3 Å². The monoisotopic (exact) mass is 631 g/mol. The van der Waals surface area contributed by atoms with Gasteiger partial charge in [-0.25, -0.2) is 5.43 Å². The third-order valence-electron chi connectivity index (χ3n) is 5.17. The fourth-order valence-electron chi connectivity index (χ4n) is 3.35. The molecule has 0 spiro atoms. The molecular weight excluding hydrogens is 613 g/mol. The first kappa shape index (κ1) is 26.0. The van der Waals surface area contributed by atoms with Crippen LogP contribution >= 0.6 is 22.6 Å². The molecule has 0 fully saturated rings. The normalized spacial score (nSPS) is 11.4. The summed E-state index contributed by atoms with van der Waals surface area (Å²) in [5, 5.41) is 16.8. The smallest absolute Gasteiger partial charge is 0.339 e. The largest absolute Gasteiger partial charge is 0.493 e. The Labute approximate surface area is 225 Å². The number of rotatable bonds is 8. The number of nitrogens with one attached hydrogen (secondary N) is 1. The number of ether oxygens (including phenoxy) is 1. The Morgan fingerprint density at radius 1 is 1.03 bits per heavy atom. The first-order valence-corrected chi connectivity index (χ1v) is 13.1. The number of amides is 1. The molecule has 1 N–H and O–H groups in total. The number of nitro groups is 1. The van der Waals surface area contributed by atoms with Crippen LogP contribution in [0.25, 0.3) is 10.8 Å². The number of halogens is 1. The van der Waals surface area contributed by atoms with Crippen molar-refractivity contribution in [3.63, 3.8) is 0 Å². The lowest BCUT2D eigenvalue weighted by Gasteiger charge is -2.13. The van der Waals surface area contributed by atoms with Crippen molar-refractivity contribution in [2.75, 3.05) is 7.11 Å². The Balaban J connectivity index is 1.50. The molecule has 4 aromatic rings. The molecule has 12 heteroatoms. The summed E-state index contributed by atoms with van der Waals surface area (Å²) in [7, 11) is -2.95. The number of hydrazone groups is 1. The van der Waals surface area contributed by atoms with Gasteiger partial charge in [0.15, 0.2) is 11.5 Å². The zero-order valence-electron chi connectivity index (χ0n) is 19.1. The molecule has 0 bridgehead atoms. The second-order valence-corrected chi connectivity index (χ2v) is 10.3. The maximum atomic E-state index is 12.7. The maximum absolute atomic E-state index is 12.7. The predicted octanol–water partition coefficient (Wildman–Crippen LogP) is 4.89. The van der Waals surface area contributed by atoms with Gasteiger partial charge >= 0.3 is 10.1 Å². The van der Waals surface area contributed by atoms with Crippen LogP contribution in [0.3, 0.4) is 0 Å². The van der Waals surface area contributed by atoms with Crippen molar-refractivity contribution in [1.29, 1.82) is 0 Å². The number of nitrogens with zero attached hydrogens (tertiary/aromatic N) is 2. The lowest BCUT2D eigenvalue weighted by molar-refractivity contribution is -0.384. The quantitative estimate of drug-likeness (QED) is 0.0961. The van der Waals surface area contributed by atoms with E-state index in [1.54, 1.807) is 18.2 Å². The van der Waals surface area contributed by atoms with Gasteiger partial charge in [-0.2, -0.15) is 13.5 Å². The Hall–Kier alpha value is -4.04. The minimum absolute atomic E-state index is 0.0567. The summed E-state index contributed by atoms with van der Waals surface area (Å²) >= 11 is 1.88. The van der Waals surface area contributed by atoms with Crippen LogP contribution in [-0.2, 0) is 10.1 Å². The number of hydrogen-bond acceptors (Lipinski definition) is 8. The van der Waals surface area contributed by atoms with Crippen molar-refractivity contribution >= 4 is 61.3 Å². The van der Waals surface area contributed by atoms with Crippen LogP contribution < -0.4 is 14.3 Å². The first-order valence-electron chi connectivity index (χ1n) is 10.6. The van der Waals surface area contributed by atoms with Crippen molar-refractivity contribution in [1.82, 2.24) is 5.43 Å². The average Bonchev–Trinajstić information content (AvgIpc) is 2.89. The highest BCUT2D eigenvalue weighted by Crippen LogP contribution is 2.36. The predicted molar refractivity (Wildman–Crippen MR) is 146 cm³/mol. The molecule has 0 aliphatic carbocycles. The summed E-state index contributed by atoms with van der Waals surface area (Å²) in [6.07, 6.45) is 1.39. The van der Waals surface area contributed by atoms with Gasteiger partial charge in [0, 0.05) is 17.7 Å². The minimum atomic E-state index is -4.30. The molecule has 0 saturated heterocycles. The van der Waals surface area contributed by atoms with Gasteiger partial charge in [-0.1, -0.05) is 30.3 Å². The summed E-state index contributed by atoms with van der Waals surface area (Å²) in [6, 6.07) is 20.4. The van der Waals surface area contributed by atoms with E-state index in [0.29, 0.717) is 14.7 Å². The number of methoxy groups -OCH3 is 1. The summed E-state index contributed by atoms with van der Waals surface area (Å²) in [4.78, 5) is 22.4. The van der Waals surface area contributed by atoms with Crippen LogP contribution in [0.5, 0.6) is 11.5 Å². The maximum Gasteiger partial charge on any atom is 0.339 e. The van der Waals surface area contributed by atoms with Crippen molar-refractivity contribution in [3.05, 3.63) is 104 Å². The standard InChI is InChI=1S/C25H18IN3O7S/c1-35-23-13-16(15-27-28-25(30)19-7-6-17-4-2-3-5-18(17)14-19)12-22(26)24(23)36-37(33,34)21-10-8-20(9-11-21)29(31)32/h2-15H,1H3,(H,28,30)/b27-15-. The fourth-order valence-corrected chi connectivity index (χ4v) is 5.19. The molecule has 0 atom stereocenters. The number of benzene rings is 4. The summed E-state index contributed by atoms with van der Waals surface area (Å²) in [6.45, 7) is 0. The zero-order valence-corrected chi connectivity index (χ0v) is 22.1. The van der Waals surface area contributed by atoms with E-state index in [1.165, 1.54) is 19.4 Å². The molecule has 188 valence electrons. The van der Waals surface area contributed by atoms with Crippen LogP contribution in [0.2, 0.25) is 0 Å². The molecule has 1 amide bonds. The number of carbonyl (C=O) groups is 1. The van der Waals surface area contributed by atoms with Crippen LogP contribution in [0.1, 0.15) is 15.9 Å². The van der Waals surface area contributed by atoms with Gasteiger partial charge in [0.2, 0.25) is 0 Å². The second kappa shape index (κ2) is 10.9. The van der Waals surface area contributed by atoms with Gasteiger partial charge in [-0.15, -0.1) is 0 Å². The van der Waals surface area contributed by atoms with E-state index in [2.05, 4.69) is 10.5 Å². The van der Waals surface area contributed by atoms with Gasteiger partial charge in [0.05, 0.1) is 21.8 Å². The van der Waals surface area contributed by atoms with Gasteiger partial charge in [0.25, 0.3) is 11.6 Å². The molecule has 4 rings (SSSR count). The first-order chi connectivity index (χ1) is 17.7. The summed E-state index contributed by atoms with van der Waals surface area (Å²) in [5.41, 5.74) is 3.18. The van der Waals surface area contributed by atoms with E-state index in [1.807, 2.05) is 52.9 Å². The third kappa shape index (κ3) is 6.03. The number of carbonyl (C=O) groups excluding carboxylic acids is 1. The number of fused-ring (bicyclic) bond motifs is 1. The van der Waals surface area contributed by atoms with Crippen molar-refractivity contribution in [2.24, 2.45) is 5.10 Å². The van der Waals surface area contributed by atoms with E-state index in [0.717, 1.165) is 35.0 Å². The Bertz CT molecular complexity index is 1640. The number of nitro benzene ring substituents is 1. The Morgan fingerprint density at radius 2 is 1.73 bits per heavy atom. The molecule has 0 aliphatic heterocycles. The topological polar surface area (TPSA) is 137 Å². The molecule has 0 unspecified atom stereocenters. The van der Waals surface area contributed by atoms with E-state index in [4.69, 9.17) is 8.92 Å². The summed E-state index contributed by atoms with van der Waals surface area (Å²) in [5.74, 6) is -0.337. The Morgan fingerprint density at radius 3 is 2.41 bits per heavy atom. The zero-order chi connectivity index (χ0) is 26.6. The highest BCUT2D eigenvalue weighted by atomic mass is 127. The lowest BCUT2D eigenvalue weighted by Crippen LogP contribution is -2.17. The van der Waals surface area contributed by atoms with Crippen molar-refractivity contribution < 1.29 is 27.1 Å². The average molecular weight is 631 g/mol. The van der Waals surface area contributed by atoms with Crippen molar-refractivity contribution in [3.8, 4) is 11.5 Å².